The van der Waals surface area contributed by atoms with Crippen LogP contribution in [0.3, 0.4) is 0 Å². The van der Waals surface area contributed by atoms with Crippen molar-refractivity contribution in [1.29, 1.82) is 0 Å². The predicted molar refractivity (Wildman–Crippen MR) is 73.8 cm³/mol. The maximum Gasteiger partial charge on any atom is 0.128 e. The first-order valence-corrected chi connectivity index (χ1v) is 6.26. The van der Waals surface area contributed by atoms with E-state index in [9.17, 15) is 5.11 Å². The van der Waals surface area contributed by atoms with Gasteiger partial charge in [0.15, 0.2) is 0 Å². The Kier molecular flexibility index (Phi) is 6.62. The summed E-state index contributed by atoms with van der Waals surface area (Å²) in [5.74, 6) is 1.32. The first kappa shape index (κ1) is 15.8. The summed E-state index contributed by atoms with van der Waals surface area (Å²) in [5, 5.41) is 13.5. The first-order valence-electron chi connectivity index (χ1n) is 6.26. The van der Waals surface area contributed by atoms with Gasteiger partial charge in [0, 0.05) is 31.3 Å². The van der Waals surface area contributed by atoms with Crippen LogP contribution >= 0.6 is 0 Å². The number of benzene rings is 1. The van der Waals surface area contributed by atoms with Gasteiger partial charge in [0.05, 0.1) is 26.9 Å². The highest BCUT2D eigenvalue weighted by Gasteiger charge is 2.20. The molecule has 0 fully saturated rings. The molecule has 2 N–H and O–H groups in total. The van der Waals surface area contributed by atoms with Gasteiger partial charge < -0.3 is 24.6 Å². The number of hydrogen-bond donors (Lipinski definition) is 2. The van der Waals surface area contributed by atoms with Crippen LogP contribution < -0.4 is 14.8 Å². The van der Waals surface area contributed by atoms with Crippen LogP contribution in [0, 0.1) is 0 Å². The van der Waals surface area contributed by atoms with Crippen LogP contribution in [-0.2, 0) is 4.74 Å². The number of hydrogen-bond acceptors (Lipinski definition) is 5. The van der Waals surface area contributed by atoms with E-state index in [1.807, 2.05) is 19.1 Å². The smallest absolute Gasteiger partial charge is 0.128 e. The molecule has 0 bridgehead atoms. The van der Waals surface area contributed by atoms with Crippen molar-refractivity contribution in [2.75, 3.05) is 34.5 Å². The van der Waals surface area contributed by atoms with Gasteiger partial charge in [-0.05, 0) is 19.1 Å². The summed E-state index contributed by atoms with van der Waals surface area (Å²) in [7, 11) is 4.82. The second-order valence-electron chi connectivity index (χ2n) is 4.29. The van der Waals surface area contributed by atoms with Crippen LogP contribution in [0.2, 0.25) is 0 Å². The van der Waals surface area contributed by atoms with E-state index in [4.69, 9.17) is 14.2 Å². The zero-order valence-corrected chi connectivity index (χ0v) is 12.0. The van der Waals surface area contributed by atoms with Crippen LogP contribution in [0.1, 0.15) is 18.6 Å². The van der Waals surface area contributed by atoms with Gasteiger partial charge in [0.2, 0.25) is 0 Å². The fourth-order valence-corrected chi connectivity index (χ4v) is 1.83. The number of methoxy groups -OCH3 is 3. The highest BCUT2D eigenvalue weighted by Crippen LogP contribution is 2.30. The first-order chi connectivity index (χ1) is 9.13. The molecule has 0 saturated carbocycles. The lowest BCUT2D eigenvalue weighted by molar-refractivity contribution is 0.124. The molecule has 0 aliphatic rings. The number of nitrogens with one attached hydrogen (secondary N) is 1. The summed E-state index contributed by atoms with van der Waals surface area (Å²) in [6.45, 7) is 3.22. The van der Waals surface area contributed by atoms with Gasteiger partial charge in [-0.2, -0.15) is 0 Å². The molecule has 0 radical (unpaired) electrons. The molecule has 0 spiro atoms. The summed E-state index contributed by atoms with van der Waals surface area (Å²) < 4.78 is 15.4. The van der Waals surface area contributed by atoms with E-state index in [1.165, 1.54) is 0 Å². The van der Waals surface area contributed by atoms with E-state index >= 15 is 0 Å². The third kappa shape index (κ3) is 4.38. The van der Waals surface area contributed by atoms with Crippen molar-refractivity contribution in [1.82, 2.24) is 5.32 Å². The SMILES string of the molecule is COCCNC(C)C(O)c1ccc(OC)cc1OC. The van der Waals surface area contributed by atoms with E-state index in [0.717, 1.165) is 5.56 Å². The summed E-state index contributed by atoms with van der Waals surface area (Å²) >= 11 is 0. The van der Waals surface area contributed by atoms with Crippen LogP contribution in [-0.4, -0.2) is 45.6 Å². The Balaban J connectivity index is 2.77. The van der Waals surface area contributed by atoms with Crippen molar-refractivity contribution in [2.45, 2.75) is 19.1 Å². The molecule has 19 heavy (non-hydrogen) atoms. The van der Waals surface area contributed by atoms with Crippen molar-refractivity contribution >= 4 is 0 Å². The molecule has 1 rings (SSSR count). The molecule has 5 heteroatoms. The molecule has 1 aromatic carbocycles. The minimum atomic E-state index is -0.655. The molecule has 0 saturated heterocycles. The molecular formula is C14H23NO4. The highest BCUT2D eigenvalue weighted by atomic mass is 16.5. The van der Waals surface area contributed by atoms with Gasteiger partial charge in [-0.3, -0.25) is 0 Å². The number of ether oxygens (including phenoxy) is 3. The number of rotatable bonds is 8. The Bertz CT molecular complexity index is 384. The zero-order valence-electron chi connectivity index (χ0n) is 12.0. The van der Waals surface area contributed by atoms with E-state index in [1.54, 1.807) is 27.4 Å². The lowest BCUT2D eigenvalue weighted by atomic mass is 10.0. The summed E-state index contributed by atoms with van der Waals surface area (Å²) in [6.07, 6.45) is -0.655. The fourth-order valence-electron chi connectivity index (χ4n) is 1.83. The maximum atomic E-state index is 10.3. The van der Waals surface area contributed by atoms with E-state index in [0.29, 0.717) is 24.7 Å². The average Bonchev–Trinajstić information content (AvgIpc) is 2.45. The molecule has 0 aromatic heterocycles. The molecule has 0 heterocycles. The quantitative estimate of drug-likeness (QED) is 0.698. The molecule has 0 amide bonds. The topological polar surface area (TPSA) is 60.0 Å². The van der Waals surface area contributed by atoms with Gasteiger partial charge >= 0.3 is 0 Å². The number of aliphatic hydroxyl groups is 1. The van der Waals surface area contributed by atoms with Crippen molar-refractivity contribution < 1.29 is 19.3 Å². The van der Waals surface area contributed by atoms with E-state index in [2.05, 4.69) is 5.32 Å². The number of aliphatic hydroxyl groups excluding tert-OH is 1. The van der Waals surface area contributed by atoms with Gasteiger partial charge in [-0.25, -0.2) is 0 Å². The Hall–Kier alpha value is -1.30. The Morgan fingerprint density at radius 2 is 1.95 bits per heavy atom. The van der Waals surface area contributed by atoms with Crippen molar-refractivity contribution in [3.63, 3.8) is 0 Å². The van der Waals surface area contributed by atoms with Gasteiger partial charge in [0.1, 0.15) is 11.5 Å². The average molecular weight is 269 g/mol. The Labute approximate surface area is 114 Å². The molecule has 1 aromatic rings. The minimum Gasteiger partial charge on any atom is -0.497 e. The molecule has 0 aliphatic carbocycles. The van der Waals surface area contributed by atoms with Gasteiger partial charge in [-0.1, -0.05) is 0 Å². The fraction of sp³-hybridized carbons (Fsp3) is 0.571. The van der Waals surface area contributed by atoms with Crippen molar-refractivity contribution in [3.05, 3.63) is 23.8 Å². The van der Waals surface area contributed by atoms with Crippen LogP contribution in [0.15, 0.2) is 18.2 Å². The molecule has 5 nitrogen and oxygen atoms in total. The molecule has 108 valence electrons. The predicted octanol–water partition coefficient (Wildman–Crippen LogP) is 1.36. The van der Waals surface area contributed by atoms with Gasteiger partial charge in [-0.15, -0.1) is 0 Å². The van der Waals surface area contributed by atoms with Crippen molar-refractivity contribution in [2.24, 2.45) is 0 Å². The normalized spacial score (nSPS) is 13.9. The molecule has 2 unspecified atom stereocenters. The largest absolute Gasteiger partial charge is 0.497 e. The van der Waals surface area contributed by atoms with Crippen molar-refractivity contribution in [3.8, 4) is 11.5 Å². The third-order valence-electron chi connectivity index (χ3n) is 3.01. The second kappa shape index (κ2) is 7.99. The van der Waals surface area contributed by atoms with Crippen LogP contribution in [0.4, 0.5) is 0 Å². The van der Waals surface area contributed by atoms with Crippen LogP contribution in [0.25, 0.3) is 0 Å². The molecular weight excluding hydrogens is 246 g/mol. The lowest BCUT2D eigenvalue weighted by Crippen LogP contribution is -2.34. The summed E-state index contributed by atoms with van der Waals surface area (Å²) in [4.78, 5) is 0. The second-order valence-corrected chi connectivity index (χ2v) is 4.29. The zero-order chi connectivity index (χ0) is 14.3. The monoisotopic (exact) mass is 269 g/mol. The van der Waals surface area contributed by atoms with E-state index in [-0.39, 0.29) is 6.04 Å². The van der Waals surface area contributed by atoms with Crippen LogP contribution in [0.5, 0.6) is 11.5 Å². The Morgan fingerprint density at radius 1 is 1.21 bits per heavy atom. The molecule has 2 atom stereocenters. The van der Waals surface area contributed by atoms with E-state index < -0.39 is 6.10 Å². The summed E-state index contributed by atoms with van der Waals surface area (Å²) in [5.41, 5.74) is 0.737. The standard InChI is InChI=1S/C14H23NO4/c1-10(15-7-8-17-2)14(16)12-6-5-11(18-3)9-13(12)19-4/h5-6,9-10,14-16H,7-8H2,1-4H3. The minimum absolute atomic E-state index is 0.0996. The lowest BCUT2D eigenvalue weighted by Gasteiger charge is -2.22. The third-order valence-corrected chi connectivity index (χ3v) is 3.01. The molecule has 0 aliphatic heterocycles. The summed E-state index contributed by atoms with van der Waals surface area (Å²) in [6, 6.07) is 5.29. The van der Waals surface area contributed by atoms with Gasteiger partial charge in [0.25, 0.3) is 0 Å². The Morgan fingerprint density at radius 3 is 2.53 bits per heavy atom. The highest BCUT2D eigenvalue weighted by molar-refractivity contribution is 5.42. The maximum absolute atomic E-state index is 10.3.